The highest BCUT2D eigenvalue weighted by Gasteiger charge is 2.76. The molecular formula is C34H44O9. The summed E-state index contributed by atoms with van der Waals surface area (Å²) in [5.41, 5.74) is -4.02. The average Bonchev–Trinajstić information content (AvgIpc) is 2.87. The molecule has 43 heavy (non-hydrogen) atoms. The fourth-order valence-electron chi connectivity index (χ4n) is 8.48. The van der Waals surface area contributed by atoms with Crippen LogP contribution in [0, 0.1) is 34.5 Å². The van der Waals surface area contributed by atoms with Crippen molar-refractivity contribution in [3.05, 3.63) is 28.3 Å². The van der Waals surface area contributed by atoms with Crippen LogP contribution in [-0.2, 0) is 41.6 Å². The Morgan fingerprint density at radius 2 is 1.70 bits per heavy atom. The summed E-state index contributed by atoms with van der Waals surface area (Å²) in [6, 6.07) is 1.71. The zero-order valence-electron chi connectivity index (χ0n) is 26.5. The number of rotatable bonds is 8. The zero-order chi connectivity index (χ0) is 32.4. The number of unbranched alkanes of at least 4 members (excludes halogenated alkanes) is 1. The summed E-state index contributed by atoms with van der Waals surface area (Å²) in [4.78, 5) is 81.4. The second-order valence-corrected chi connectivity index (χ2v) is 14.1. The van der Waals surface area contributed by atoms with Crippen LogP contribution in [0.2, 0.25) is 0 Å². The molecule has 2 saturated carbocycles. The van der Waals surface area contributed by atoms with Crippen LogP contribution < -0.4 is 0 Å². The molecule has 0 spiro atoms. The van der Waals surface area contributed by atoms with E-state index in [9.17, 15) is 39.0 Å². The van der Waals surface area contributed by atoms with Crippen molar-refractivity contribution in [1.82, 2.24) is 0 Å². The number of hydrogen-bond donors (Lipinski definition) is 2. The van der Waals surface area contributed by atoms with Crippen molar-refractivity contribution in [1.29, 1.82) is 0 Å². The number of phenolic OH excluding ortho intramolecular Hbond substituents is 1. The smallest absolute Gasteiger partial charge is 0.310 e. The van der Waals surface area contributed by atoms with Crippen LogP contribution in [0.4, 0.5) is 0 Å². The lowest BCUT2D eigenvalue weighted by Gasteiger charge is -2.62. The summed E-state index contributed by atoms with van der Waals surface area (Å²) in [7, 11) is 0. The van der Waals surface area contributed by atoms with E-state index >= 15 is 0 Å². The predicted octanol–water partition coefficient (Wildman–Crippen LogP) is 4.10. The van der Waals surface area contributed by atoms with Crippen molar-refractivity contribution in [2.75, 3.05) is 6.61 Å². The first-order valence-corrected chi connectivity index (χ1v) is 15.3. The molecule has 0 radical (unpaired) electrons. The first-order chi connectivity index (χ1) is 19.9. The molecule has 1 aromatic carbocycles. The lowest BCUT2D eigenvalue weighted by atomic mass is 9.39. The third kappa shape index (κ3) is 4.69. The summed E-state index contributed by atoms with van der Waals surface area (Å²) in [5, 5.41) is 23.6. The maximum atomic E-state index is 14.5. The number of carbonyl (C=O) groups is 6. The SMILES string of the molecule is CCCCOC(=O)Cc1cc(C(C)C)c2c(c1O)C(=O)C1C(=O)[C@@]3(O)C(=O)C(C(C)=O)C(=O)C(C(C)C)[C@@]3(C)C[C@@]1(C)C2. The van der Waals surface area contributed by atoms with Crippen molar-refractivity contribution in [3.8, 4) is 5.75 Å². The van der Waals surface area contributed by atoms with E-state index in [0.717, 1.165) is 18.9 Å². The van der Waals surface area contributed by atoms with E-state index in [-0.39, 0.29) is 42.9 Å². The van der Waals surface area contributed by atoms with Gasteiger partial charge in [-0.1, -0.05) is 61.0 Å². The van der Waals surface area contributed by atoms with Crippen molar-refractivity contribution >= 4 is 34.9 Å². The van der Waals surface area contributed by atoms with Gasteiger partial charge in [0.25, 0.3) is 0 Å². The first-order valence-electron chi connectivity index (χ1n) is 15.3. The van der Waals surface area contributed by atoms with Crippen LogP contribution in [0.5, 0.6) is 5.75 Å². The molecule has 0 amide bonds. The Bertz CT molecular complexity index is 1420. The molecule has 1 aromatic rings. The minimum Gasteiger partial charge on any atom is -0.507 e. The molecule has 6 atom stereocenters. The molecule has 3 unspecified atom stereocenters. The van der Waals surface area contributed by atoms with Gasteiger partial charge >= 0.3 is 5.97 Å². The number of carbonyl (C=O) groups excluding carboxylic acids is 6. The largest absolute Gasteiger partial charge is 0.507 e. The fraction of sp³-hybridized carbons (Fsp3) is 0.647. The Labute approximate surface area is 252 Å². The van der Waals surface area contributed by atoms with Crippen LogP contribution in [0.1, 0.15) is 108 Å². The maximum absolute atomic E-state index is 14.5. The van der Waals surface area contributed by atoms with Crippen LogP contribution >= 0.6 is 0 Å². The quantitative estimate of drug-likeness (QED) is 0.257. The summed E-state index contributed by atoms with van der Waals surface area (Å²) < 4.78 is 5.28. The summed E-state index contributed by atoms with van der Waals surface area (Å²) in [5.74, 6) is -10.1. The van der Waals surface area contributed by atoms with Gasteiger partial charge in [-0.2, -0.15) is 0 Å². The van der Waals surface area contributed by atoms with Crippen molar-refractivity contribution in [2.24, 2.45) is 34.5 Å². The summed E-state index contributed by atoms with van der Waals surface area (Å²) in [6.07, 6.45) is 1.41. The molecule has 0 saturated heterocycles. The van der Waals surface area contributed by atoms with Gasteiger partial charge in [0, 0.05) is 16.9 Å². The molecule has 2 fully saturated rings. The van der Waals surface area contributed by atoms with Gasteiger partial charge in [-0.15, -0.1) is 0 Å². The Morgan fingerprint density at radius 3 is 2.23 bits per heavy atom. The highest BCUT2D eigenvalue weighted by atomic mass is 16.5. The molecule has 0 bridgehead atoms. The van der Waals surface area contributed by atoms with Crippen LogP contribution in [-0.4, -0.2) is 57.3 Å². The molecule has 9 nitrogen and oxygen atoms in total. The second kappa shape index (κ2) is 11.1. The van der Waals surface area contributed by atoms with Gasteiger partial charge in [-0.05, 0) is 54.6 Å². The van der Waals surface area contributed by atoms with Gasteiger partial charge in [0.1, 0.15) is 17.5 Å². The number of phenols is 1. The van der Waals surface area contributed by atoms with Gasteiger partial charge in [0.05, 0.1) is 24.5 Å². The van der Waals surface area contributed by atoms with E-state index < -0.39 is 80.7 Å². The zero-order valence-corrected chi connectivity index (χ0v) is 26.5. The van der Waals surface area contributed by atoms with Crippen molar-refractivity contribution < 1.29 is 43.7 Å². The Kier molecular flexibility index (Phi) is 8.41. The number of benzene rings is 1. The molecule has 0 aliphatic heterocycles. The highest BCUT2D eigenvalue weighted by molar-refractivity contribution is 6.32. The molecule has 4 rings (SSSR count). The number of fused-ring (bicyclic) bond motifs is 3. The van der Waals surface area contributed by atoms with E-state index in [1.165, 1.54) is 0 Å². The first kappa shape index (κ1) is 32.7. The molecule has 0 aromatic heterocycles. The Morgan fingerprint density at radius 1 is 1.07 bits per heavy atom. The van der Waals surface area contributed by atoms with Crippen LogP contribution in [0.25, 0.3) is 0 Å². The molecule has 3 aliphatic rings. The third-order valence-corrected chi connectivity index (χ3v) is 10.2. The number of hydrogen-bond acceptors (Lipinski definition) is 9. The van der Waals surface area contributed by atoms with Crippen molar-refractivity contribution in [3.63, 3.8) is 0 Å². The number of aromatic hydroxyl groups is 1. The molecule has 9 heteroatoms. The Hall–Kier alpha value is -3.20. The maximum Gasteiger partial charge on any atom is 0.310 e. The van der Waals surface area contributed by atoms with E-state index in [0.29, 0.717) is 12.0 Å². The van der Waals surface area contributed by atoms with Gasteiger partial charge in [0.2, 0.25) is 0 Å². The van der Waals surface area contributed by atoms with Gasteiger partial charge in [-0.25, -0.2) is 0 Å². The summed E-state index contributed by atoms with van der Waals surface area (Å²) >= 11 is 0. The molecule has 234 valence electrons. The second-order valence-electron chi connectivity index (χ2n) is 14.1. The predicted molar refractivity (Wildman–Crippen MR) is 157 cm³/mol. The number of ketones is 5. The number of aliphatic hydroxyl groups is 1. The lowest BCUT2D eigenvalue weighted by molar-refractivity contribution is -0.205. The minimum absolute atomic E-state index is 0.00710. The number of ether oxygens (including phenoxy) is 1. The third-order valence-electron chi connectivity index (χ3n) is 10.2. The molecule has 3 aliphatic carbocycles. The van der Waals surface area contributed by atoms with E-state index in [4.69, 9.17) is 4.74 Å². The van der Waals surface area contributed by atoms with Crippen molar-refractivity contribution in [2.45, 2.75) is 99.0 Å². The van der Waals surface area contributed by atoms with Gasteiger partial charge in [0.15, 0.2) is 28.7 Å². The van der Waals surface area contributed by atoms with E-state index in [2.05, 4.69) is 0 Å². The number of Topliss-reactive ketones (excluding diaryl/α,β-unsaturated/α-hetero) is 5. The molecular weight excluding hydrogens is 552 g/mol. The summed E-state index contributed by atoms with van der Waals surface area (Å²) in [6.45, 7) is 14.0. The normalized spacial score (nSPS) is 32.0. The van der Waals surface area contributed by atoms with Gasteiger partial charge < -0.3 is 14.9 Å². The van der Waals surface area contributed by atoms with E-state index in [1.807, 2.05) is 20.8 Å². The average molecular weight is 597 g/mol. The standard InChI is InChI=1S/C34H44O9/c1-9-10-11-43-22(36)13-19-12-20(16(2)3)21-14-32(7)15-33(8)25(17(4)5)28(38)23(18(6)35)30(40)34(33,42)31(41)26(32)29(39)24(21)27(19)37/h12,16-17,23,25-26,37,42H,9-11,13-15H2,1-8H3/t23?,25?,26?,32-,33-,34+/m1/s1. The van der Waals surface area contributed by atoms with Crippen LogP contribution in [0.3, 0.4) is 0 Å². The lowest BCUT2D eigenvalue weighted by Crippen LogP contribution is -2.76. The fourth-order valence-corrected chi connectivity index (χ4v) is 8.48. The highest BCUT2D eigenvalue weighted by Crippen LogP contribution is 2.64. The molecule has 2 N–H and O–H groups in total. The van der Waals surface area contributed by atoms with E-state index in [1.54, 1.807) is 33.8 Å². The van der Waals surface area contributed by atoms with Gasteiger partial charge in [-0.3, -0.25) is 28.8 Å². The Balaban J connectivity index is 1.91. The number of esters is 1. The monoisotopic (exact) mass is 596 g/mol. The molecule has 0 heterocycles. The van der Waals surface area contributed by atoms with Crippen LogP contribution in [0.15, 0.2) is 6.07 Å². The minimum atomic E-state index is -2.75. The topological polar surface area (TPSA) is 152 Å².